The molecule has 1 heterocycles. The zero-order valence-corrected chi connectivity index (χ0v) is 17.2. The summed E-state index contributed by atoms with van der Waals surface area (Å²) in [5, 5.41) is 17.5. The molecule has 3 rings (SSSR count). The van der Waals surface area contributed by atoms with Crippen LogP contribution < -0.4 is 10.6 Å². The topological polar surface area (TPSA) is 69.8 Å². The number of aliphatic imine (C=N–C) groups is 1. The number of nitrogens with one attached hydrogen (secondary N) is 2. The van der Waals surface area contributed by atoms with Gasteiger partial charge in [-0.2, -0.15) is 0 Å². The molecule has 2 atom stereocenters. The van der Waals surface area contributed by atoms with Gasteiger partial charge in [-0.25, -0.2) is 0 Å². The van der Waals surface area contributed by atoms with E-state index in [-0.39, 0.29) is 30.0 Å². The van der Waals surface area contributed by atoms with Crippen LogP contribution in [0.2, 0.25) is 0 Å². The van der Waals surface area contributed by atoms with Crippen LogP contribution in [0, 0.1) is 6.92 Å². The predicted octanol–water partition coefficient (Wildman–Crippen LogP) is 3.27. The Kier molecular flexibility index (Phi) is 6.51. The van der Waals surface area contributed by atoms with Crippen molar-refractivity contribution in [2.75, 3.05) is 13.6 Å². The molecule has 1 aromatic heterocycles. The molecule has 2 aromatic rings. The number of furan rings is 1. The molecular formula is C19H26IN3O2. The van der Waals surface area contributed by atoms with Gasteiger partial charge in [0, 0.05) is 7.05 Å². The molecular weight excluding hydrogens is 429 g/mol. The molecule has 5 nitrogen and oxygen atoms in total. The standard InChI is InChI=1S/C19H25N3O2.HI/c1-13-8-9-17(24-13)14(2)22-18(20-3)21-12-19(23)11-10-15-6-4-5-7-16(15)19;/h4-9,14,23H,10-12H2,1-3H3,(H2,20,21,22);1H. The van der Waals surface area contributed by atoms with Gasteiger partial charge in [0.25, 0.3) is 0 Å². The molecule has 0 saturated heterocycles. The third kappa shape index (κ3) is 4.36. The van der Waals surface area contributed by atoms with Crippen molar-refractivity contribution in [3.05, 3.63) is 59.0 Å². The summed E-state index contributed by atoms with van der Waals surface area (Å²) in [4.78, 5) is 4.25. The monoisotopic (exact) mass is 455 g/mol. The first-order valence-electron chi connectivity index (χ1n) is 8.36. The first kappa shape index (κ1) is 19.8. The number of nitrogens with zero attached hydrogens (tertiary/aromatic N) is 1. The van der Waals surface area contributed by atoms with Crippen LogP contribution in [0.1, 0.15) is 42.0 Å². The van der Waals surface area contributed by atoms with E-state index in [4.69, 9.17) is 4.42 Å². The third-order valence-corrected chi connectivity index (χ3v) is 4.64. The number of aryl methyl sites for hydroxylation is 2. The number of halogens is 1. The summed E-state index contributed by atoms with van der Waals surface area (Å²) in [5.41, 5.74) is 1.39. The molecule has 0 amide bonds. The van der Waals surface area contributed by atoms with Gasteiger partial charge in [0.2, 0.25) is 0 Å². The fraction of sp³-hybridized carbons (Fsp3) is 0.421. The maximum Gasteiger partial charge on any atom is 0.191 e. The maximum absolute atomic E-state index is 11.0. The van der Waals surface area contributed by atoms with Crippen molar-refractivity contribution in [1.29, 1.82) is 0 Å². The van der Waals surface area contributed by atoms with Crippen molar-refractivity contribution in [1.82, 2.24) is 10.6 Å². The molecule has 3 N–H and O–H groups in total. The Hall–Kier alpha value is -1.54. The van der Waals surface area contributed by atoms with Gasteiger partial charge in [0.1, 0.15) is 17.1 Å². The van der Waals surface area contributed by atoms with E-state index in [0.29, 0.717) is 12.5 Å². The molecule has 0 radical (unpaired) electrons. The minimum absolute atomic E-state index is 0. The Labute approximate surface area is 165 Å². The number of aliphatic hydroxyl groups is 1. The molecule has 6 heteroatoms. The Balaban J connectivity index is 0.00000225. The lowest BCUT2D eigenvalue weighted by Gasteiger charge is -2.26. The van der Waals surface area contributed by atoms with Gasteiger partial charge in [0.05, 0.1) is 12.6 Å². The number of hydrogen-bond donors (Lipinski definition) is 3. The second kappa shape index (κ2) is 8.23. The lowest BCUT2D eigenvalue weighted by Crippen LogP contribution is -2.45. The Morgan fingerprint density at radius 3 is 2.76 bits per heavy atom. The molecule has 25 heavy (non-hydrogen) atoms. The minimum Gasteiger partial charge on any atom is -0.464 e. The van der Waals surface area contributed by atoms with Crippen LogP contribution in [-0.4, -0.2) is 24.7 Å². The summed E-state index contributed by atoms with van der Waals surface area (Å²) < 4.78 is 5.64. The first-order valence-corrected chi connectivity index (χ1v) is 8.36. The molecule has 1 aliphatic carbocycles. The summed E-state index contributed by atoms with van der Waals surface area (Å²) in [6, 6.07) is 12.0. The Bertz CT molecular complexity index is 744. The summed E-state index contributed by atoms with van der Waals surface area (Å²) in [6.07, 6.45) is 1.63. The van der Waals surface area contributed by atoms with Gasteiger partial charge in [0.15, 0.2) is 5.96 Å². The van der Waals surface area contributed by atoms with Crippen LogP contribution in [0.3, 0.4) is 0 Å². The maximum atomic E-state index is 11.0. The molecule has 0 saturated carbocycles. The zero-order valence-electron chi connectivity index (χ0n) is 14.9. The molecule has 0 bridgehead atoms. The van der Waals surface area contributed by atoms with Gasteiger partial charge < -0.3 is 20.2 Å². The number of guanidine groups is 1. The average molecular weight is 455 g/mol. The quantitative estimate of drug-likeness (QED) is 0.376. The van der Waals surface area contributed by atoms with Gasteiger partial charge in [-0.15, -0.1) is 24.0 Å². The second-order valence-corrected chi connectivity index (χ2v) is 6.43. The van der Waals surface area contributed by atoms with Gasteiger partial charge in [-0.3, -0.25) is 4.99 Å². The van der Waals surface area contributed by atoms with E-state index in [1.54, 1.807) is 7.05 Å². The second-order valence-electron chi connectivity index (χ2n) is 6.43. The van der Waals surface area contributed by atoms with Crippen LogP contribution in [0.15, 0.2) is 45.8 Å². The number of fused-ring (bicyclic) bond motifs is 1. The first-order chi connectivity index (χ1) is 11.5. The molecule has 2 unspecified atom stereocenters. The predicted molar refractivity (Wildman–Crippen MR) is 110 cm³/mol. The third-order valence-electron chi connectivity index (χ3n) is 4.64. The van der Waals surface area contributed by atoms with E-state index in [1.807, 2.05) is 44.2 Å². The van der Waals surface area contributed by atoms with Crippen LogP contribution in [0.4, 0.5) is 0 Å². The fourth-order valence-electron chi connectivity index (χ4n) is 3.24. The zero-order chi connectivity index (χ0) is 17.2. The average Bonchev–Trinajstić information content (AvgIpc) is 3.16. The Morgan fingerprint density at radius 2 is 2.08 bits per heavy atom. The smallest absolute Gasteiger partial charge is 0.191 e. The summed E-state index contributed by atoms with van der Waals surface area (Å²) in [7, 11) is 1.72. The van der Waals surface area contributed by atoms with E-state index < -0.39 is 5.60 Å². The van der Waals surface area contributed by atoms with Crippen LogP contribution in [-0.2, 0) is 12.0 Å². The van der Waals surface area contributed by atoms with Gasteiger partial charge in [-0.05, 0) is 49.9 Å². The SMILES string of the molecule is CN=C(NCC1(O)CCc2ccccc21)NC(C)c1ccc(C)o1.I. The molecule has 0 fully saturated rings. The van der Waals surface area contributed by atoms with E-state index >= 15 is 0 Å². The van der Waals surface area contributed by atoms with Crippen molar-refractivity contribution in [3.63, 3.8) is 0 Å². The van der Waals surface area contributed by atoms with Crippen LogP contribution in [0.5, 0.6) is 0 Å². The van der Waals surface area contributed by atoms with Gasteiger partial charge >= 0.3 is 0 Å². The highest BCUT2D eigenvalue weighted by atomic mass is 127. The van der Waals surface area contributed by atoms with Crippen molar-refractivity contribution in [2.45, 2.75) is 38.3 Å². The van der Waals surface area contributed by atoms with Crippen molar-refractivity contribution < 1.29 is 9.52 Å². The summed E-state index contributed by atoms with van der Waals surface area (Å²) in [5.74, 6) is 2.40. The number of rotatable bonds is 4. The van der Waals surface area contributed by atoms with Crippen molar-refractivity contribution >= 4 is 29.9 Å². The van der Waals surface area contributed by atoms with Crippen molar-refractivity contribution in [2.24, 2.45) is 4.99 Å². The lowest BCUT2D eigenvalue weighted by atomic mass is 9.96. The van der Waals surface area contributed by atoms with Crippen molar-refractivity contribution in [3.8, 4) is 0 Å². The number of benzene rings is 1. The molecule has 1 aromatic carbocycles. The fourth-order valence-corrected chi connectivity index (χ4v) is 3.24. The van der Waals surface area contributed by atoms with Crippen LogP contribution >= 0.6 is 24.0 Å². The van der Waals surface area contributed by atoms with Crippen LogP contribution in [0.25, 0.3) is 0 Å². The Morgan fingerprint density at radius 1 is 1.32 bits per heavy atom. The largest absolute Gasteiger partial charge is 0.464 e. The normalized spacial score (nSPS) is 20.6. The molecule has 0 aliphatic heterocycles. The van der Waals surface area contributed by atoms with E-state index in [9.17, 15) is 5.11 Å². The van der Waals surface area contributed by atoms with Gasteiger partial charge in [-0.1, -0.05) is 24.3 Å². The molecule has 0 spiro atoms. The highest BCUT2D eigenvalue weighted by molar-refractivity contribution is 14.0. The summed E-state index contributed by atoms with van der Waals surface area (Å²) in [6.45, 7) is 4.37. The minimum atomic E-state index is -0.848. The highest BCUT2D eigenvalue weighted by Crippen LogP contribution is 2.36. The lowest BCUT2D eigenvalue weighted by molar-refractivity contribution is 0.0431. The number of hydrogen-bond acceptors (Lipinski definition) is 3. The van der Waals surface area contributed by atoms with E-state index in [1.165, 1.54) is 5.56 Å². The van der Waals surface area contributed by atoms with E-state index in [0.717, 1.165) is 29.9 Å². The summed E-state index contributed by atoms with van der Waals surface area (Å²) >= 11 is 0. The van der Waals surface area contributed by atoms with E-state index in [2.05, 4.69) is 21.7 Å². The molecule has 1 aliphatic rings. The molecule has 136 valence electrons. The highest BCUT2D eigenvalue weighted by Gasteiger charge is 2.36.